The summed E-state index contributed by atoms with van der Waals surface area (Å²) >= 11 is 0. The molecule has 2 aromatic carbocycles. The number of fused-ring (bicyclic) bond motifs is 1. The van der Waals surface area contributed by atoms with Gasteiger partial charge in [0.05, 0.1) is 25.0 Å². The summed E-state index contributed by atoms with van der Waals surface area (Å²) in [6.07, 6.45) is 0.483. The Hall–Kier alpha value is -2.37. The number of hydrogen-bond donors (Lipinski definition) is 0. The van der Waals surface area contributed by atoms with Crippen molar-refractivity contribution in [3.05, 3.63) is 47.9 Å². The Morgan fingerprint density at radius 3 is 2.48 bits per heavy atom. The zero-order valence-electron chi connectivity index (χ0n) is 16.4. The molecule has 1 aromatic heterocycles. The van der Waals surface area contributed by atoms with Crippen LogP contribution in [0.3, 0.4) is 0 Å². The van der Waals surface area contributed by atoms with Crippen molar-refractivity contribution in [3.63, 3.8) is 0 Å². The maximum atomic E-state index is 6.07. The van der Waals surface area contributed by atoms with Crippen LogP contribution in [-0.2, 0) is 11.3 Å². The van der Waals surface area contributed by atoms with Gasteiger partial charge in [-0.05, 0) is 38.3 Å². The fourth-order valence-corrected chi connectivity index (χ4v) is 3.95. The van der Waals surface area contributed by atoms with Gasteiger partial charge in [0.15, 0.2) is 0 Å². The lowest BCUT2D eigenvalue weighted by atomic mass is 10.0. The van der Waals surface area contributed by atoms with Gasteiger partial charge in [0.1, 0.15) is 11.5 Å². The first-order chi connectivity index (χ1) is 13.0. The van der Waals surface area contributed by atoms with E-state index in [4.69, 9.17) is 18.9 Å². The van der Waals surface area contributed by atoms with Gasteiger partial charge in [0, 0.05) is 30.6 Å². The molecule has 2 atom stereocenters. The van der Waals surface area contributed by atoms with Crippen LogP contribution in [0.2, 0.25) is 0 Å². The van der Waals surface area contributed by atoms with Crippen molar-refractivity contribution >= 4 is 10.8 Å². The van der Waals surface area contributed by atoms with Gasteiger partial charge in [0.2, 0.25) is 5.89 Å². The van der Waals surface area contributed by atoms with Gasteiger partial charge in [-0.3, -0.25) is 4.90 Å². The first-order valence-corrected chi connectivity index (χ1v) is 9.45. The van der Waals surface area contributed by atoms with Crippen molar-refractivity contribution in [2.24, 2.45) is 0 Å². The minimum Gasteiger partial charge on any atom is -0.496 e. The number of benzene rings is 2. The average molecular weight is 366 g/mol. The third kappa shape index (κ3) is 3.57. The summed E-state index contributed by atoms with van der Waals surface area (Å²) in [5.41, 5.74) is 1.98. The van der Waals surface area contributed by atoms with Crippen molar-refractivity contribution in [3.8, 4) is 17.2 Å². The molecule has 4 rings (SSSR count). The number of oxazole rings is 1. The van der Waals surface area contributed by atoms with E-state index in [0.29, 0.717) is 5.89 Å². The molecular weight excluding hydrogens is 340 g/mol. The first kappa shape index (κ1) is 18.0. The van der Waals surface area contributed by atoms with Crippen molar-refractivity contribution in [2.45, 2.75) is 39.5 Å². The standard InChI is InChI=1S/C22H26N2O3/c1-14-11-24(12-15(2)26-14)13-20-16(3)27-22(23-20)19-9-10-21(25-4)18-8-6-5-7-17(18)19/h5-10,14-15H,11-13H2,1-4H3/t14-,15+. The average Bonchev–Trinajstić information content (AvgIpc) is 3.00. The van der Waals surface area contributed by atoms with E-state index in [1.165, 1.54) is 0 Å². The number of hydrogen-bond acceptors (Lipinski definition) is 5. The highest BCUT2D eigenvalue weighted by Crippen LogP contribution is 2.34. The van der Waals surface area contributed by atoms with Crippen molar-refractivity contribution in [1.82, 2.24) is 9.88 Å². The third-order valence-electron chi connectivity index (χ3n) is 5.10. The van der Waals surface area contributed by atoms with E-state index in [1.54, 1.807) is 7.11 Å². The molecule has 27 heavy (non-hydrogen) atoms. The van der Waals surface area contributed by atoms with Crippen LogP contribution in [0.15, 0.2) is 40.8 Å². The van der Waals surface area contributed by atoms with Crippen molar-refractivity contribution in [2.75, 3.05) is 20.2 Å². The second-order valence-electron chi connectivity index (χ2n) is 7.33. The lowest BCUT2D eigenvalue weighted by Crippen LogP contribution is -2.44. The van der Waals surface area contributed by atoms with Crippen LogP contribution in [0.5, 0.6) is 5.75 Å². The van der Waals surface area contributed by atoms with E-state index in [0.717, 1.165) is 53.2 Å². The second kappa shape index (κ2) is 7.33. The molecule has 3 aromatic rings. The lowest BCUT2D eigenvalue weighted by molar-refractivity contribution is -0.0708. The molecule has 0 unspecified atom stereocenters. The molecule has 0 amide bonds. The SMILES string of the molecule is COc1ccc(-c2nc(CN3C[C@@H](C)O[C@@H](C)C3)c(C)o2)c2ccccc12. The fraction of sp³-hybridized carbons (Fsp3) is 0.409. The van der Waals surface area contributed by atoms with Gasteiger partial charge < -0.3 is 13.9 Å². The van der Waals surface area contributed by atoms with E-state index in [9.17, 15) is 0 Å². The Kier molecular flexibility index (Phi) is 4.89. The molecule has 1 saturated heterocycles. The van der Waals surface area contributed by atoms with E-state index >= 15 is 0 Å². The predicted molar refractivity (Wildman–Crippen MR) is 106 cm³/mol. The molecule has 0 N–H and O–H groups in total. The number of aryl methyl sites for hydroxylation is 1. The van der Waals surface area contributed by atoms with E-state index < -0.39 is 0 Å². The quantitative estimate of drug-likeness (QED) is 0.684. The maximum Gasteiger partial charge on any atom is 0.227 e. The first-order valence-electron chi connectivity index (χ1n) is 9.45. The molecule has 0 radical (unpaired) electrons. The summed E-state index contributed by atoms with van der Waals surface area (Å²) in [4.78, 5) is 7.23. The number of rotatable bonds is 4. The molecule has 1 aliphatic rings. The molecule has 5 nitrogen and oxygen atoms in total. The van der Waals surface area contributed by atoms with Gasteiger partial charge in [-0.25, -0.2) is 4.98 Å². The minimum atomic E-state index is 0.242. The topological polar surface area (TPSA) is 47.7 Å². The molecule has 1 aliphatic heterocycles. The predicted octanol–water partition coefficient (Wildman–Crippen LogP) is 4.42. The zero-order chi connectivity index (χ0) is 19.0. The Labute approximate surface area is 159 Å². The van der Waals surface area contributed by atoms with E-state index in [-0.39, 0.29) is 12.2 Å². The Morgan fingerprint density at radius 2 is 1.78 bits per heavy atom. The van der Waals surface area contributed by atoms with Crippen LogP contribution in [0.1, 0.15) is 25.3 Å². The zero-order valence-corrected chi connectivity index (χ0v) is 16.4. The normalized spacial score (nSPS) is 20.9. The Bertz CT molecular complexity index is 940. The molecule has 142 valence electrons. The second-order valence-corrected chi connectivity index (χ2v) is 7.33. The minimum absolute atomic E-state index is 0.242. The maximum absolute atomic E-state index is 6.07. The van der Waals surface area contributed by atoms with Gasteiger partial charge in [-0.2, -0.15) is 0 Å². The van der Waals surface area contributed by atoms with Crippen LogP contribution >= 0.6 is 0 Å². The summed E-state index contributed by atoms with van der Waals surface area (Å²) in [6.45, 7) is 8.83. The Morgan fingerprint density at radius 1 is 1.07 bits per heavy atom. The van der Waals surface area contributed by atoms with Crippen molar-refractivity contribution < 1.29 is 13.9 Å². The van der Waals surface area contributed by atoms with Gasteiger partial charge in [-0.15, -0.1) is 0 Å². The van der Waals surface area contributed by atoms with Gasteiger partial charge in [-0.1, -0.05) is 24.3 Å². The molecule has 5 heteroatoms. The van der Waals surface area contributed by atoms with Crippen LogP contribution in [0.4, 0.5) is 0 Å². The fourth-order valence-electron chi connectivity index (χ4n) is 3.95. The lowest BCUT2D eigenvalue weighted by Gasteiger charge is -2.34. The number of morpholine rings is 1. The summed E-state index contributed by atoms with van der Waals surface area (Å²) in [5.74, 6) is 2.39. The van der Waals surface area contributed by atoms with E-state index in [2.05, 4.69) is 30.9 Å². The molecule has 0 saturated carbocycles. The number of nitrogens with zero attached hydrogens (tertiary/aromatic N) is 2. The van der Waals surface area contributed by atoms with Crippen LogP contribution in [0, 0.1) is 6.92 Å². The van der Waals surface area contributed by atoms with Crippen LogP contribution < -0.4 is 4.74 Å². The van der Waals surface area contributed by atoms with Gasteiger partial charge in [0.25, 0.3) is 0 Å². The van der Waals surface area contributed by atoms with Crippen LogP contribution in [0.25, 0.3) is 22.2 Å². The summed E-state index contributed by atoms with van der Waals surface area (Å²) in [7, 11) is 1.69. The molecule has 1 fully saturated rings. The summed E-state index contributed by atoms with van der Waals surface area (Å²) in [5, 5.41) is 2.14. The monoisotopic (exact) mass is 366 g/mol. The van der Waals surface area contributed by atoms with E-state index in [1.807, 2.05) is 31.2 Å². The Balaban J connectivity index is 1.67. The smallest absolute Gasteiger partial charge is 0.227 e. The highest BCUT2D eigenvalue weighted by atomic mass is 16.5. The molecular formula is C22H26N2O3. The van der Waals surface area contributed by atoms with Crippen molar-refractivity contribution in [1.29, 1.82) is 0 Å². The number of ether oxygens (including phenoxy) is 2. The number of methoxy groups -OCH3 is 1. The largest absolute Gasteiger partial charge is 0.496 e. The highest BCUT2D eigenvalue weighted by molar-refractivity contribution is 5.98. The molecule has 0 spiro atoms. The van der Waals surface area contributed by atoms with Crippen LogP contribution in [-0.4, -0.2) is 42.3 Å². The highest BCUT2D eigenvalue weighted by Gasteiger charge is 2.24. The molecule has 0 bridgehead atoms. The molecule has 2 heterocycles. The summed E-state index contributed by atoms with van der Waals surface area (Å²) < 4.78 is 17.4. The summed E-state index contributed by atoms with van der Waals surface area (Å²) in [6, 6.07) is 12.2. The third-order valence-corrected chi connectivity index (χ3v) is 5.10. The molecule has 0 aliphatic carbocycles. The number of aromatic nitrogens is 1. The van der Waals surface area contributed by atoms with Gasteiger partial charge >= 0.3 is 0 Å².